The monoisotopic (exact) mass is 223 g/mol. The molecule has 0 aromatic heterocycles. The van der Waals surface area contributed by atoms with Crippen LogP contribution in [0.1, 0.15) is 18.1 Å². The second-order valence-electron chi connectivity index (χ2n) is 2.87. The number of rotatable bonds is 3. The van der Waals surface area contributed by atoms with E-state index in [4.69, 9.17) is 21.6 Å². The molecule has 0 unspecified atom stereocenters. The number of carbonyl (C=O) groups excluding carboxylic acids is 1. The zero-order valence-corrected chi connectivity index (χ0v) is 9.04. The highest BCUT2D eigenvalue weighted by Gasteiger charge is 2.10. The Morgan fingerprint density at radius 2 is 2.33 bits per heavy atom. The normalized spacial score (nSPS) is 9.40. The van der Waals surface area contributed by atoms with Gasteiger partial charge in [0, 0.05) is 0 Å². The van der Waals surface area contributed by atoms with Crippen LogP contribution in [-0.4, -0.2) is 12.6 Å². The summed E-state index contributed by atoms with van der Waals surface area (Å²) in [6.45, 7) is 2.07. The molecule has 0 aliphatic rings. The number of nitrogens with zero attached hydrogens (tertiary/aromatic N) is 1. The lowest BCUT2D eigenvalue weighted by Crippen LogP contribution is -2.08. The van der Waals surface area contributed by atoms with Crippen molar-refractivity contribution in [1.29, 1.82) is 5.26 Å². The Balaban J connectivity index is 2.91. The molecule has 0 aliphatic heterocycles. The first-order valence-electron chi connectivity index (χ1n) is 4.52. The van der Waals surface area contributed by atoms with Crippen LogP contribution in [0.2, 0.25) is 5.02 Å². The maximum atomic E-state index is 11.2. The SMILES string of the molecule is CCOC(=O)Cc1cccc(Cl)c1C#N. The minimum atomic E-state index is -0.351. The Kier molecular flexibility index (Phi) is 4.14. The number of nitriles is 1. The number of halogens is 1. The molecule has 15 heavy (non-hydrogen) atoms. The quantitative estimate of drug-likeness (QED) is 0.739. The molecule has 0 aliphatic carbocycles. The molecule has 0 radical (unpaired) electrons. The van der Waals surface area contributed by atoms with Crippen molar-refractivity contribution in [2.75, 3.05) is 6.61 Å². The Morgan fingerprint density at radius 1 is 1.60 bits per heavy atom. The lowest BCUT2D eigenvalue weighted by atomic mass is 10.1. The van der Waals surface area contributed by atoms with Crippen LogP contribution in [0.25, 0.3) is 0 Å². The van der Waals surface area contributed by atoms with Gasteiger partial charge in [-0.15, -0.1) is 0 Å². The van der Waals surface area contributed by atoms with Gasteiger partial charge in [0.15, 0.2) is 0 Å². The van der Waals surface area contributed by atoms with Crippen LogP contribution in [-0.2, 0) is 16.0 Å². The first kappa shape index (κ1) is 11.5. The highest BCUT2D eigenvalue weighted by molar-refractivity contribution is 6.31. The number of hydrogen-bond acceptors (Lipinski definition) is 3. The van der Waals surface area contributed by atoms with Gasteiger partial charge in [0.25, 0.3) is 0 Å². The van der Waals surface area contributed by atoms with Gasteiger partial charge in [0.05, 0.1) is 23.6 Å². The molecular weight excluding hydrogens is 214 g/mol. The first-order valence-corrected chi connectivity index (χ1v) is 4.90. The summed E-state index contributed by atoms with van der Waals surface area (Å²) in [4.78, 5) is 11.2. The summed E-state index contributed by atoms with van der Waals surface area (Å²) >= 11 is 5.82. The van der Waals surface area contributed by atoms with Gasteiger partial charge in [0.2, 0.25) is 0 Å². The van der Waals surface area contributed by atoms with Crippen LogP contribution in [0.15, 0.2) is 18.2 Å². The van der Waals surface area contributed by atoms with Gasteiger partial charge in [-0.3, -0.25) is 4.79 Å². The van der Waals surface area contributed by atoms with Gasteiger partial charge in [-0.25, -0.2) is 0 Å². The third-order valence-electron chi connectivity index (χ3n) is 1.85. The van der Waals surface area contributed by atoms with Crippen molar-refractivity contribution in [3.63, 3.8) is 0 Å². The molecule has 0 fully saturated rings. The maximum absolute atomic E-state index is 11.2. The van der Waals surface area contributed by atoms with Crippen molar-refractivity contribution in [3.8, 4) is 6.07 Å². The molecule has 0 amide bonds. The molecule has 0 atom stereocenters. The van der Waals surface area contributed by atoms with Crippen LogP contribution >= 0.6 is 11.6 Å². The van der Waals surface area contributed by atoms with E-state index in [1.54, 1.807) is 25.1 Å². The van der Waals surface area contributed by atoms with E-state index in [1.165, 1.54) is 0 Å². The molecule has 0 N–H and O–H groups in total. The van der Waals surface area contributed by atoms with Crippen molar-refractivity contribution in [2.24, 2.45) is 0 Å². The molecule has 0 spiro atoms. The third kappa shape index (κ3) is 2.97. The smallest absolute Gasteiger partial charge is 0.310 e. The number of benzene rings is 1. The van der Waals surface area contributed by atoms with E-state index >= 15 is 0 Å². The fourth-order valence-corrected chi connectivity index (χ4v) is 1.45. The predicted molar refractivity (Wildman–Crippen MR) is 56.5 cm³/mol. The minimum Gasteiger partial charge on any atom is -0.466 e. The minimum absolute atomic E-state index is 0.0806. The van der Waals surface area contributed by atoms with Crippen molar-refractivity contribution < 1.29 is 9.53 Å². The summed E-state index contributed by atoms with van der Waals surface area (Å²) in [5.41, 5.74) is 0.940. The molecular formula is C11H10ClNO2. The zero-order valence-electron chi connectivity index (χ0n) is 8.29. The Labute approximate surface area is 93.2 Å². The van der Waals surface area contributed by atoms with Crippen molar-refractivity contribution >= 4 is 17.6 Å². The van der Waals surface area contributed by atoms with Crippen molar-refractivity contribution in [2.45, 2.75) is 13.3 Å². The topological polar surface area (TPSA) is 50.1 Å². The van der Waals surface area contributed by atoms with E-state index in [1.807, 2.05) is 6.07 Å². The summed E-state index contributed by atoms with van der Waals surface area (Å²) in [7, 11) is 0. The standard InChI is InChI=1S/C11H10ClNO2/c1-2-15-11(14)6-8-4-3-5-10(12)9(8)7-13/h3-5H,2,6H2,1H3. The Morgan fingerprint density at radius 3 is 2.93 bits per heavy atom. The summed E-state index contributed by atoms with van der Waals surface area (Å²) in [6, 6.07) is 6.99. The summed E-state index contributed by atoms with van der Waals surface area (Å²) in [5.74, 6) is -0.351. The van der Waals surface area contributed by atoms with Crippen molar-refractivity contribution in [1.82, 2.24) is 0 Å². The Hall–Kier alpha value is -1.53. The molecule has 1 rings (SSSR count). The largest absolute Gasteiger partial charge is 0.466 e. The second-order valence-corrected chi connectivity index (χ2v) is 3.27. The van der Waals surface area contributed by atoms with Gasteiger partial charge < -0.3 is 4.74 Å². The third-order valence-corrected chi connectivity index (χ3v) is 2.17. The first-order chi connectivity index (χ1) is 7.19. The highest BCUT2D eigenvalue weighted by atomic mass is 35.5. The molecule has 0 saturated carbocycles. The van der Waals surface area contributed by atoms with Gasteiger partial charge in [0.1, 0.15) is 6.07 Å². The predicted octanol–water partition coefficient (Wildman–Crippen LogP) is 2.32. The van der Waals surface area contributed by atoms with E-state index in [0.29, 0.717) is 22.8 Å². The number of ether oxygens (including phenoxy) is 1. The maximum Gasteiger partial charge on any atom is 0.310 e. The molecule has 3 nitrogen and oxygen atoms in total. The average molecular weight is 224 g/mol. The Bertz CT molecular complexity index is 410. The number of carbonyl (C=O) groups is 1. The molecule has 1 aromatic carbocycles. The fourth-order valence-electron chi connectivity index (χ4n) is 1.21. The van der Waals surface area contributed by atoms with Crippen LogP contribution in [0.3, 0.4) is 0 Å². The highest BCUT2D eigenvalue weighted by Crippen LogP contribution is 2.19. The summed E-state index contributed by atoms with van der Waals surface area (Å²) < 4.78 is 4.79. The summed E-state index contributed by atoms with van der Waals surface area (Å²) in [6.07, 6.45) is 0.0806. The van der Waals surface area contributed by atoms with E-state index in [0.717, 1.165) is 0 Å². The van der Waals surface area contributed by atoms with Crippen LogP contribution in [0, 0.1) is 11.3 Å². The lowest BCUT2D eigenvalue weighted by molar-refractivity contribution is -0.142. The second kappa shape index (κ2) is 5.38. The van der Waals surface area contributed by atoms with E-state index in [9.17, 15) is 4.79 Å². The van der Waals surface area contributed by atoms with E-state index < -0.39 is 0 Å². The van der Waals surface area contributed by atoms with Crippen molar-refractivity contribution in [3.05, 3.63) is 34.3 Å². The summed E-state index contributed by atoms with van der Waals surface area (Å²) in [5, 5.41) is 9.22. The van der Waals surface area contributed by atoms with E-state index in [-0.39, 0.29) is 12.4 Å². The number of hydrogen-bond donors (Lipinski definition) is 0. The van der Waals surface area contributed by atoms with Gasteiger partial charge in [-0.05, 0) is 18.6 Å². The van der Waals surface area contributed by atoms with Crippen LogP contribution in [0.4, 0.5) is 0 Å². The molecule has 0 saturated heterocycles. The molecule has 4 heteroatoms. The molecule has 0 heterocycles. The van der Waals surface area contributed by atoms with E-state index in [2.05, 4.69) is 0 Å². The average Bonchev–Trinajstić information content (AvgIpc) is 2.18. The van der Waals surface area contributed by atoms with Gasteiger partial charge >= 0.3 is 5.97 Å². The molecule has 0 bridgehead atoms. The molecule has 1 aromatic rings. The van der Waals surface area contributed by atoms with Gasteiger partial charge in [-0.1, -0.05) is 23.7 Å². The number of esters is 1. The fraction of sp³-hybridized carbons (Fsp3) is 0.273. The van der Waals surface area contributed by atoms with Crippen LogP contribution in [0.5, 0.6) is 0 Å². The van der Waals surface area contributed by atoms with Gasteiger partial charge in [-0.2, -0.15) is 5.26 Å². The lowest BCUT2D eigenvalue weighted by Gasteiger charge is -2.04. The zero-order chi connectivity index (χ0) is 11.3. The molecule has 78 valence electrons. The van der Waals surface area contributed by atoms with Crippen LogP contribution < -0.4 is 0 Å².